The molecule has 0 aromatic rings. The number of aliphatic hydroxyl groups is 2. The average molecular weight is 148 g/mol. The first-order chi connectivity index (χ1) is 4.54. The number of aliphatic carboxylic acids is 1. The van der Waals surface area contributed by atoms with E-state index in [1.165, 1.54) is 6.92 Å². The van der Waals surface area contributed by atoms with Crippen LogP contribution in [0.2, 0.25) is 0 Å². The molecular formula is C6H12O4. The molecule has 0 aliphatic heterocycles. The van der Waals surface area contributed by atoms with Gasteiger partial charge in [-0.1, -0.05) is 0 Å². The van der Waals surface area contributed by atoms with Crippen molar-refractivity contribution in [3.63, 3.8) is 0 Å². The van der Waals surface area contributed by atoms with Crippen molar-refractivity contribution >= 4 is 5.97 Å². The molecule has 0 radical (unpaired) electrons. The van der Waals surface area contributed by atoms with E-state index in [0.29, 0.717) is 0 Å². The van der Waals surface area contributed by atoms with Crippen LogP contribution < -0.4 is 0 Å². The van der Waals surface area contributed by atoms with Crippen LogP contribution >= 0.6 is 0 Å². The Kier molecular flexibility index (Phi) is 3.99. The summed E-state index contributed by atoms with van der Waals surface area (Å²) in [6, 6.07) is 0. The maximum absolute atomic E-state index is 9.93. The fraction of sp³-hybridized carbons (Fsp3) is 0.833. The molecule has 10 heavy (non-hydrogen) atoms. The van der Waals surface area contributed by atoms with Gasteiger partial charge in [0.15, 0.2) is 0 Å². The molecule has 0 aromatic heterocycles. The van der Waals surface area contributed by atoms with Crippen LogP contribution in [0.25, 0.3) is 0 Å². The third-order valence-electron chi connectivity index (χ3n) is 1.21. The predicted molar refractivity (Wildman–Crippen MR) is 34.6 cm³/mol. The predicted octanol–water partition coefficient (Wildman–Crippen LogP) is -0.407. The van der Waals surface area contributed by atoms with Crippen LogP contribution in [0, 0.1) is 0 Å². The number of hydrogen-bond acceptors (Lipinski definition) is 3. The van der Waals surface area contributed by atoms with Crippen LogP contribution in [0.1, 0.15) is 19.8 Å². The highest BCUT2D eigenvalue weighted by molar-refractivity contribution is 5.66. The summed E-state index contributed by atoms with van der Waals surface area (Å²) in [5.41, 5.74) is 0. The summed E-state index contributed by atoms with van der Waals surface area (Å²) in [7, 11) is 0. The molecule has 0 aliphatic rings. The van der Waals surface area contributed by atoms with Crippen LogP contribution in [-0.2, 0) is 4.79 Å². The van der Waals surface area contributed by atoms with E-state index in [0.717, 1.165) is 0 Å². The number of rotatable bonds is 4. The fourth-order valence-corrected chi connectivity index (χ4v) is 0.513. The van der Waals surface area contributed by atoms with Gasteiger partial charge in [-0.2, -0.15) is 0 Å². The van der Waals surface area contributed by atoms with Gasteiger partial charge >= 0.3 is 5.97 Å². The zero-order valence-electron chi connectivity index (χ0n) is 5.82. The highest BCUT2D eigenvalue weighted by Gasteiger charge is 2.11. The molecule has 0 heterocycles. The number of aliphatic hydroxyl groups excluding tert-OH is 2. The van der Waals surface area contributed by atoms with Gasteiger partial charge in [0.1, 0.15) is 0 Å². The summed E-state index contributed by atoms with van der Waals surface area (Å²) < 4.78 is 0. The first kappa shape index (κ1) is 9.39. The Bertz CT molecular complexity index is 110. The third kappa shape index (κ3) is 4.29. The van der Waals surface area contributed by atoms with Crippen molar-refractivity contribution in [3.05, 3.63) is 0 Å². The summed E-state index contributed by atoms with van der Waals surface area (Å²) in [5, 5.41) is 25.7. The lowest BCUT2D eigenvalue weighted by Crippen LogP contribution is -2.23. The van der Waals surface area contributed by atoms with Gasteiger partial charge in [0.2, 0.25) is 0 Å². The molecule has 0 saturated carbocycles. The number of carboxylic acid groups (broad SMARTS) is 1. The first-order valence-electron chi connectivity index (χ1n) is 3.12. The molecule has 0 fully saturated rings. The van der Waals surface area contributed by atoms with Crippen molar-refractivity contribution in [3.8, 4) is 0 Å². The summed E-state index contributed by atoms with van der Waals surface area (Å²) in [4.78, 5) is 9.93. The Morgan fingerprint density at radius 2 is 2.00 bits per heavy atom. The quantitative estimate of drug-likeness (QED) is 0.506. The van der Waals surface area contributed by atoms with Crippen LogP contribution in [-0.4, -0.2) is 33.5 Å². The minimum absolute atomic E-state index is 0.104. The van der Waals surface area contributed by atoms with E-state index >= 15 is 0 Å². The molecule has 0 bridgehead atoms. The molecule has 0 unspecified atom stereocenters. The second kappa shape index (κ2) is 4.24. The van der Waals surface area contributed by atoms with E-state index in [4.69, 9.17) is 15.3 Å². The Labute approximate surface area is 59.1 Å². The van der Waals surface area contributed by atoms with E-state index in [-0.39, 0.29) is 12.8 Å². The van der Waals surface area contributed by atoms with E-state index in [9.17, 15) is 4.79 Å². The van der Waals surface area contributed by atoms with Crippen LogP contribution in [0.15, 0.2) is 0 Å². The maximum atomic E-state index is 9.93. The van der Waals surface area contributed by atoms with E-state index in [1.807, 2.05) is 0 Å². The van der Waals surface area contributed by atoms with Crippen molar-refractivity contribution in [2.45, 2.75) is 32.0 Å². The van der Waals surface area contributed by atoms with E-state index in [1.54, 1.807) is 0 Å². The molecule has 4 nitrogen and oxygen atoms in total. The molecule has 0 amide bonds. The van der Waals surface area contributed by atoms with Crippen molar-refractivity contribution < 1.29 is 20.1 Å². The molecule has 0 rings (SSSR count). The summed E-state index contributed by atoms with van der Waals surface area (Å²) in [6.07, 6.45) is -1.77. The SMILES string of the molecule is C[C@@H](O)[C@H](O)CCC(=O)O. The largest absolute Gasteiger partial charge is 0.481 e. The number of carbonyl (C=O) groups is 1. The van der Waals surface area contributed by atoms with Gasteiger partial charge in [-0.15, -0.1) is 0 Å². The normalized spacial score (nSPS) is 16.3. The lowest BCUT2D eigenvalue weighted by molar-refractivity contribution is -0.137. The molecule has 2 atom stereocenters. The number of hydrogen-bond donors (Lipinski definition) is 3. The Balaban J connectivity index is 3.39. The smallest absolute Gasteiger partial charge is 0.303 e. The van der Waals surface area contributed by atoms with Gasteiger partial charge in [0.05, 0.1) is 12.2 Å². The van der Waals surface area contributed by atoms with Crippen molar-refractivity contribution in [1.29, 1.82) is 0 Å². The molecule has 60 valence electrons. The Hall–Kier alpha value is -0.610. The topological polar surface area (TPSA) is 77.8 Å². The lowest BCUT2D eigenvalue weighted by atomic mass is 10.1. The molecule has 4 heteroatoms. The van der Waals surface area contributed by atoms with Gasteiger partial charge in [0, 0.05) is 6.42 Å². The zero-order valence-corrected chi connectivity index (χ0v) is 5.82. The molecule has 3 N–H and O–H groups in total. The highest BCUT2D eigenvalue weighted by atomic mass is 16.4. The highest BCUT2D eigenvalue weighted by Crippen LogP contribution is 2.01. The number of carboxylic acids is 1. The average Bonchev–Trinajstić information content (AvgIpc) is 1.82. The molecule has 0 spiro atoms. The second-order valence-electron chi connectivity index (χ2n) is 2.24. The van der Waals surface area contributed by atoms with Crippen molar-refractivity contribution in [2.24, 2.45) is 0 Å². The Morgan fingerprint density at radius 3 is 2.30 bits per heavy atom. The Morgan fingerprint density at radius 1 is 1.50 bits per heavy atom. The minimum atomic E-state index is -0.959. The lowest BCUT2D eigenvalue weighted by Gasteiger charge is -2.10. The van der Waals surface area contributed by atoms with Gasteiger partial charge in [-0.3, -0.25) is 4.79 Å². The summed E-state index contributed by atoms with van der Waals surface area (Å²) in [6.45, 7) is 1.42. The van der Waals surface area contributed by atoms with Crippen molar-refractivity contribution in [2.75, 3.05) is 0 Å². The van der Waals surface area contributed by atoms with Crippen LogP contribution in [0.4, 0.5) is 0 Å². The van der Waals surface area contributed by atoms with Gasteiger partial charge in [0.25, 0.3) is 0 Å². The van der Waals surface area contributed by atoms with Gasteiger partial charge in [-0.25, -0.2) is 0 Å². The standard InChI is InChI=1S/C6H12O4/c1-4(7)5(8)2-3-6(9)10/h4-5,7-8H,2-3H2,1H3,(H,9,10)/t4-,5-/m1/s1. The molecule has 0 aliphatic carbocycles. The molecule has 0 saturated heterocycles. The fourth-order valence-electron chi connectivity index (χ4n) is 0.513. The second-order valence-corrected chi connectivity index (χ2v) is 2.24. The zero-order chi connectivity index (χ0) is 8.15. The van der Waals surface area contributed by atoms with Gasteiger partial charge in [-0.05, 0) is 13.3 Å². The summed E-state index contributed by atoms with van der Waals surface area (Å²) in [5.74, 6) is -0.959. The van der Waals surface area contributed by atoms with Crippen LogP contribution in [0.3, 0.4) is 0 Å². The molecule has 0 aromatic carbocycles. The minimum Gasteiger partial charge on any atom is -0.481 e. The van der Waals surface area contributed by atoms with E-state index < -0.39 is 18.2 Å². The van der Waals surface area contributed by atoms with E-state index in [2.05, 4.69) is 0 Å². The maximum Gasteiger partial charge on any atom is 0.303 e. The van der Waals surface area contributed by atoms with Crippen LogP contribution in [0.5, 0.6) is 0 Å². The third-order valence-corrected chi connectivity index (χ3v) is 1.21. The van der Waals surface area contributed by atoms with Gasteiger partial charge < -0.3 is 15.3 Å². The summed E-state index contributed by atoms with van der Waals surface area (Å²) >= 11 is 0. The molecular weight excluding hydrogens is 136 g/mol. The first-order valence-corrected chi connectivity index (χ1v) is 3.12. The monoisotopic (exact) mass is 148 g/mol. The van der Waals surface area contributed by atoms with Crippen molar-refractivity contribution in [1.82, 2.24) is 0 Å².